The number of carbonyl (C=O) groups is 1. The zero-order valence-corrected chi connectivity index (χ0v) is 14.3. The Morgan fingerprint density at radius 2 is 1.93 bits per heavy atom. The quantitative estimate of drug-likeness (QED) is 0.416. The molecule has 0 aliphatic carbocycles. The van der Waals surface area contributed by atoms with E-state index in [2.05, 4.69) is 0 Å². The summed E-state index contributed by atoms with van der Waals surface area (Å²) in [5, 5.41) is 20.0. The fourth-order valence-electron chi connectivity index (χ4n) is 3.36. The zero-order chi connectivity index (χ0) is 19.1. The minimum atomic E-state index is -1.11. The number of hydrogen-bond acceptors (Lipinski definition) is 7. The largest absolute Gasteiger partial charge is 0.504 e. The Balaban J connectivity index is 1.96. The van der Waals surface area contributed by atoms with E-state index in [1.807, 2.05) is 0 Å². The number of phenolic OH excluding ortho intramolecular Hbond substituents is 2. The Bertz CT molecular complexity index is 1100. The van der Waals surface area contributed by atoms with Gasteiger partial charge in [0.2, 0.25) is 6.10 Å². The third-order valence-corrected chi connectivity index (χ3v) is 4.53. The highest BCUT2D eigenvalue weighted by Gasteiger charge is 2.45. The Morgan fingerprint density at radius 3 is 2.67 bits per heavy atom. The molecule has 1 aromatic heterocycles. The number of benzene rings is 2. The summed E-state index contributed by atoms with van der Waals surface area (Å²) in [6.45, 7) is 1.82. The smallest absolute Gasteiger partial charge is 0.348 e. The van der Waals surface area contributed by atoms with E-state index in [9.17, 15) is 19.8 Å². The van der Waals surface area contributed by atoms with Gasteiger partial charge in [0, 0.05) is 0 Å². The van der Waals surface area contributed by atoms with Gasteiger partial charge in [-0.1, -0.05) is 18.2 Å². The first-order valence-electron chi connectivity index (χ1n) is 8.42. The fraction of sp³-hybridized carbons (Fsp3) is 0.200. The number of aromatic hydroxyl groups is 2. The van der Waals surface area contributed by atoms with Gasteiger partial charge in [0.15, 0.2) is 11.5 Å². The van der Waals surface area contributed by atoms with Gasteiger partial charge in [-0.2, -0.15) is 0 Å². The number of phenols is 2. The zero-order valence-electron chi connectivity index (χ0n) is 14.3. The van der Waals surface area contributed by atoms with Gasteiger partial charge in [-0.3, -0.25) is 0 Å². The molecule has 0 saturated carbocycles. The highest BCUT2D eigenvalue weighted by molar-refractivity contribution is 5.88. The van der Waals surface area contributed by atoms with Crippen molar-refractivity contribution in [2.75, 3.05) is 6.61 Å². The molecule has 0 bridgehead atoms. The first-order chi connectivity index (χ1) is 13.0. The summed E-state index contributed by atoms with van der Waals surface area (Å²) >= 11 is 0. The van der Waals surface area contributed by atoms with Crippen molar-refractivity contribution in [3.63, 3.8) is 0 Å². The molecule has 0 unspecified atom stereocenters. The standard InChI is InChI=1S/C20H16O7/c1-2-25-20(24)18-15(10-7-8-12(21)13(22)9-10)16-17(27-18)11-5-3-4-6-14(11)26-19(16)23/h3-9,15,18,21-22H,2H2,1H3/t15-,18+/m1/s1. The predicted molar refractivity (Wildman–Crippen MR) is 95.1 cm³/mol. The molecule has 1 aliphatic rings. The molecule has 2 atom stereocenters. The highest BCUT2D eigenvalue weighted by atomic mass is 16.6. The average Bonchev–Trinajstić information content (AvgIpc) is 3.06. The first kappa shape index (κ1) is 17.0. The van der Waals surface area contributed by atoms with Crippen molar-refractivity contribution in [1.82, 2.24) is 0 Å². The van der Waals surface area contributed by atoms with Gasteiger partial charge in [0.25, 0.3) is 0 Å². The van der Waals surface area contributed by atoms with Gasteiger partial charge < -0.3 is 24.1 Å². The maximum absolute atomic E-state index is 12.7. The lowest BCUT2D eigenvalue weighted by atomic mass is 9.88. The number of ether oxygens (including phenoxy) is 2. The van der Waals surface area contributed by atoms with Crippen LogP contribution in [0.3, 0.4) is 0 Å². The van der Waals surface area contributed by atoms with Crippen molar-refractivity contribution in [3.8, 4) is 17.2 Å². The van der Waals surface area contributed by atoms with Crippen LogP contribution in [0.15, 0.2) is 51.7 Å². The van der Waals surface area contributed by atoms with Crippen LogP contribution in [0, 0.1) is 0 Å². The Kier molecular flexibility index (Phi) is 3.99. The Labute approximate surface area is 153 Å². The lowest BCUT2D eigenvalue weighted by molar-refractivity contribution is -0.151. The number of fused-ring (bicyclic) bond motifs is 3. The van der Waals surface area contributed by atoms with E-state index < -0.39 is 23.6 Å². The highest BCUT2D eigenvalue weighted by Crippen LogP contribution is 2.45. The summed E-state index contributed by atoms with van der Waals surface area (Å²) in [7, 11) is 0. The van der Waals surface area contributed by atoms with Gasteiger partial charge in [-0.05, 0) is 36.8 Å². The Morgan fingerprint density at radius 1 is 1.15 bits per heavy atom. The van der Waals surface area contributed by atoms with Crippen LogP contribution in [0.4, 0.5) is 0 Å². The second-order valence-corrected chi connectivity index (χ2v) is 6.14. The van der Waals surface area contributed by atoms with E-state index in [0.29, 0.717) is 16.5 Å². The summed E-state index contributed by atoms with van der Waals surface area (Å²) < 4.78 is 16.4. The SMILES string of the molecule is CCOC(=O)[C@H]1Oc2c(c(=O)oc3ccccc23)[C@H]1c1ccc(O)c(O)c1. The third-order valence-electron chi connectivity index (χ3n) is 4.53. The second-order valence-electron chi connectivity index (χ2n) is 6.14. The van der Waals surface area contributed by atoms with Gasteiger partial charge in [-0.25, -0.2) is 9.59 Å². The molecule has 1 aliphatic heterocycles. The summed E-state index contributed by atoms with van der Waals surface area (Å²) in [5.41, 5.74) is 0.313. The molecule has 0 spiro atoms. The molecule has 7 heteroatoms. The van der Waals surface area contributed by atoms with Crippen LogP contribution < -0.4 is 10.4 Å². The summed E-state index contributed by atoms with van der Waals surface area (Å²) in [5.74, 6) is -1.89. The molecule has 27 heavy (non-hydrogen) atoms. The van der Waals surface area contributed by atoms with E-state index in [-0.39, 0.29) is 29.4 Å². The lowest BCUT2D eigenvalue weighted by Gasteiger charge is -2.17. The average molecular weight is 368 g/mol. The molecule has 0 fully saturated rings. The van der Waals surface area contributed by atoms with Gasteiger partial charge in [0.1, 0.15) is 11.3 Å². The molecule has 138 valence electrons. The third kappa shape index (κ3) is 2.68. The van der Waals surface area contributed by atoms with E-state index in [4.69, 9.17) is 13.9 Å². The normalized spacial score (nSPS) is 18.1. The molecule has 2 aromatic carbocycles. The van der Waals surface area contributed by atoms with Gasteiger partial charge in [0.05, 0.1) is 23.5 Å². The molecule has 0 radical (unpaired) electrons. The predicted octanol–water partition coefficient (Wildman–Crippen LogP) is 2.66. The summed E-state index contributed by atoms with van der Waals surface area (Å²) in [6.07, 6.45) is -1.11. The molecule has 2 N–H and O–H groups in total. The maximum Gasteiger partial charge on any atom is 0.348 e. The van der Waals surface area contributed by atoms with Gasteiger partial charge in [-0.15, -0.1) is 0 Å². The van der Waals surface area contributed by atoms with Crippen molar-refractivity contribution in [1.29, 1.82) is 0 Å². The van der Waals surface area contributed by atoms with E-state index in [1.54, 1.807) is 31.2 Å². The van der Waals surface area contributed by atoms with Crippen LogP contribution in [0.5, 0.6) is 17.2 Å². The molecular weight excluding hydrogens is 352 g/mol. The van der Waals surface area contributed by atoms with Crippen molar-refractivity contribution < 1.29 is 28.9 Å². The topological polar surface area (TPSA) is 106 Å². The monoisotopic (exact) mass is 368 g/mol. The molecule has 0 saturated heterocycles. The molecule has 4 rings (SSSR count). The minimum absolute atomic E-state index is 0.151. The van der Waals surface area contributed by atoms with Crippen LogP contribution in [0.1, 0.15) is 24.0 Å². The number of esters is 1. The molecule has 7 nitrogen and oxygen atoms in total. The number of rotatable bonds is 3. The number of para-hydroxylation sites is 1. The van der Waals surface area contributed by atoms with E-state index in [0.717, 1.165) is 0 Å². The van der Waals surface area contributed by atoms with Crippen molar-refractivity contribution >= 4 is 16.9 Å². The summed E-state index contributed by atoms with van der Waals surface area (Å²) in [4.78, 5) is 25.2. The molecule has 2 heterocycles. The maximum atomic E-state index is 12.7. The van der Waals surface area contributed by atoms with Crippen LogP contribution in [0.25, 0.3) is 11.0 Å². The molecular formula is C20H16O7. The molecule has 0 amide bonds. The lowest BCUT2D eigenvalue weighted by Crippen LogP contribution is -2.32. The van der Waals surface area contributed by atoms with Crippen molar-refractivity contribution in [2.45, 2.75) is 18.9 Å². The fourth-order valence-corrected chi connectivity index (χ4v) is 3.36. The second kappa shape index (κ2) is 6.35. The van der Waals surface area contributed by atoms with Crippen molar-refractivity contribution in [2.24, 2.45) is 0 Å². The number of hydrogen-bond donors (Lipinski definition) is 2. The van der Waals surface area contributed by atoms with Crippen molar-refractivity contribution in [3.05, 3.63) is 64.0 Å². The van der Waals surface area contributed by atoms with Gasteiger partial charge >= 0.3 is 11.6 Å². The van der Waals surface area contributed by atoms with E-state index in [1.165, 1.54) is 18.2 Å². The van der Waals surface area contributed by atoms with E-state index >= 15 is 0 Å². The number of carbonyl (C=O) groups excluding carboxylic acids is 1. The Hall–Kier alpha value is -3.48. The van der Waals surface area contributed by atoms with Crippen LogP contribution >= 0.6 is 0 Å². The van der Waals surface area contributed by atoms with Crippen LogP contribution in [-0.2, 0) is 9.53 Å². The van der Waals surface area contributed by atoms with Crippen LogP contribution in [-0.4, -0.2) is 28.9 Å². The van der Waals surface area contributed by atoms with Crippen LogP contribution in [0.2, 0.25) is 0 Å². The molecule has 3 aromatic rings. The minimum Gasteiger partial charge on any atom is -0.504 e. The first-order valence-corrected chi connectivity index (χ1v) is 8.42. The summed E-state index contributed by atoms with van der Waals surface area (Å²) in [6, 6.07) is 11.0.